The lowest BCUT2D eigenvalue weighted by Gasteiger charge is -2.26. The summed E-state index contributed by atoms with van der Waals surface area (Å²) in [5.74, 6) is -0.295. The van der Waals surface area contributed by atoms with Crippen LogP contribution >= 0.6 is 0 Å². The Hall–Kier alpha value is -2.64. The van der Waals surface area contributed by atoms with Gasteiger partial charge in [-0.15, -0.1) is 0 Å². The highest BCUT2D eigenvalue weighted by atomic mass is 19.1. The van der Waals surface area contributed by atoms with Gasteiger partial charge in [-0.3, -0.25) is 0 Å². The molecule has 1 saturated heterocycles. The predicted octanol–water partition coefficient (Wildman–Crippen LogP) is 3.61. The molecule has 7 heteroatoms. The lowest BCUT2D eigenvalue weighted by molar-refractivity contribution is 0.205. The molecule has 2 amide bonds. The standard InChI is InChI=1S/C25H36FN5O/c1-28(2)16-18-31(15-12-21-8-5-4-6-9-21)25(32)27-22-10-11-24(23(26)20-22)30-14-7-13-29(3)17-19-30/h4-6,8-11,20H,7,12-19H2,1-3H3,(H,27,32). The molecule has 0 aliphatic carbocycles. The number of anilines is 2. The van der Waals surface area contributed by atoms with Crippen molar-refractivity contribution < 1.29 is 9.18 Å². The fourth-order valence-corrected chi connectivity index (χ4v) is 3.88. The number of halogens is 1. The van der Waals surface area contributed by atoms with Gasteiger partial charge in [0.1, 0.15) is 5.82 Å². The first-order chi connectivity index (χ1) is 15.4. The van der Waals surface area contributed by atoms with Gasteiger partial charge in [0.25, 0.3) is 0 Å². The molecule has 0 bridgehead atoms. The first kappa shape index (κ1) is 24.0. The molecule has 32 heavy (non-hydrogen) atoms. The van der Waals surface area contributed by atoms with Crippen LogP contribution in [0.1, 0.15) is 12.0 Å². The number of amides is 2. The molecule has 0 spiro atoms. The number of hydrogen-bond acceptors (Lipinski definition) is 4. The second kappa shape index (κ2) is 11.8. The van der Waals surface area contributed by atoms with Crippen LogP contribution < -0.4 is 10.2 Å². The minimum Gasteiger partial charge on any atom is -0.368 e. The SMILES string of the molecule is CN(C)CCN(CCc1ccccc1)C(=O)Nc1ccc(N2CCCN(C)CC2)c(F)c1. The summed E-state index contributed by atoms with van der Waals surface area (Å²) in [6.45, 7) is 5.55. The monoisotopic (exact) mass is 441 g/mol. The number of nitrogens with one attached hydrogen (secondary N) is 1. The van der Waals surface area contributed by atoms with Crippen LogP contribution in [0, 0.1) is 5.82 Å². The number of benzene rings is 2. The van der Waals surface area contributed by atoms with Crippen molar-refractivity contribution in [2.75, 3.05) is 77.2 Å². The Morgan fingerprint density at radius 3 is 2.50 bits per heavy atom. The average molecular weight is 442 g/mol. The molecule has 3 rings (SSSR count). The Morgan fingerprint density at radius 2 is 1.78 bits per heavy atom. The van der Waals surface area contributed by atoms with Crippen LogP contribution in [0.2, 0.25) is 0 Å². The molecule has 0 atom stereocenters. The van der Waals surface area contributed by atoms with Gasteiger partial charge in [-0.05, 0) is 64.3 Å². The number of carbonyl (C=O) groups is 1. The molecule has 174 valence electrons. The van der Waals surface area contributed by atoms with E-state index in [2.05, 4.69) is 39.2 Å². The highest BCUT2D eigenvalue weighted by molar-refractivity contribution is 5.89. The van der Waals surface area contributed by atoms with Crippen LogP contribution in [-0.4, -0.2) is 87.7 Å². The van der Waals surface area contributed by atoms with E-state index in [1.807, 2.05) is 32.3 Å². The van der Waals surface area contributed by atoms with E-state index in [-0.39, 0.29) is 11.8 Å². The van der Waals surface area contributed by atoms with Crippen LogP contribution in [0.4, 0.5) is 20.6 Å². The molecule has 2 aromatic carbocycles. The van der Waals surface area contributed by atoms with Crippen LogP contribution in [0.25, 0.3) is 0 Å². The molecule has 1 fully saturated rings. The Kier molecular flexibility index (Phi) is 8.88. The van der Waals surface area contributed by atoms with Crippen LogP contribution in [0.3, 0.4) is 0 Å². The maximum Gasteiger partial charge on any atom is 0.321 e. The van der Waals surface area contributed by atoms with Gasteiger partial charge in [0.15, 0.2) is 0 Å². The average Bonchev–Trinajstić information content (AvgIpc) is 2.98. The number of rotatable bonds is 8. The zero-order valence-electron chi connectivity index (χ0n) is 19.6. The number of likely N-dealkylation sites (N-methyl/N-ethyl adjacent to an activating group) is 2. The predicted molar refractivity (Wildman–Crippen MR) is 130 cm³/mol. The molecule has 1 aliphatic heterocycles. The third-order valence-corrected chi connectivity index (χ3v) is 5.88. The fraction of sp³-hybridized carbons (Fsp3) is 0.480. The summed E-state index contributed by atoms with van der Waals surface area (Å²) >= 11 is 0. The van der Waals surface area contributed by atoms with Crippen LogP contribution in [-0.2, 0) is 6.42 Å². The minimum atomic E-state index is -0.295. The summed E-state index contributed by atoms with van der Waals surface area (Å²) in [6, 6.07) is 14.9. The maximum absolute atomic E-state index is 14.9. The zero-order valence-corrected chi connectivity index (χ0v) is 19.6. The molecule has 1 heterocycles. The molecule has 0 radical (unpaired) electrons. The smallest absolute Gasteiger partial charge is 0.321 e. The molecule has 1 N–H and O–H groups in total. The highest BCUT2D eigenvalue weighted by Gasteiger charge is 2.18. The van der Waals surface area contributed by atoms with Gasteiger partial charge in [0.05, 0.1) is 5.69 Å². The van der Waals surface area contributed by atoms with Crippen molar-refractivity contribution in [2.24, 2.45) is 0 Å². The molecule has 0 aromatic heterocycles. The van der Waals surface area contributed by atoms with E-state index in [1.54, 1.807) is 17.0 Å². The van der Waals surface area contributed by atoms with Gasteiger partial charge in [-0.2, -0.15) is 0 Å². The topological polar surface area (TPSA) is 42.1 Å². The van der Waals surface area contributed by atoms with Crippen molar-refractivity contribution in [1.29, 1.82) is 0 Å². The van der Waals surface area contributed by atoms with Crippen LogP contribution in [0.5, 0.6) is 0 Å². The zero-order chi connectivity index (χ0) is 22.9. The van der Waals surface area contributed by atoms with Gasteiger partial charge in [-0.25, -0.2) is 9.18 Å². The summed E-state index contributed by atoms with van der Waals surface area (Å²) in [5.41, 5.74) is 2.28. The van der Waals surface area contributed by atoms with Crippen molar-refractivity contribution in [3.63, 3.8) is 0 Å². The normalized spacial score (nSPS) is 15.0. The number of carbonyl (C=O) groups excluding carboxylic acids is 1. The van der Waals surface area contributed by atoms with E-state index in [0.29, 0.717) is 24.5 Å². The van der Waals surface area contributed by atoms with E-state index in [0.717, 1.165) is 45.6 Å². The Morgan fingerprint density at radius 1 is 1.00 bits per heavy atom. The second-order valence-electron chi connectivity index (χ2n) is 8.77. The third kappa shape index (κ3) is 7.21. The minimum absolute atomic E-state index is 0.202. The van der Waals surface area contributed by atoms with Gasteiger partial charge in [0.2, 0.25) is 0 Å². The third-order valence-electron chi connectivity index (χ3n) is 5.88. The quantitative estimate of drug-likeness (QED) is 0.680. The largest absolute Gasteiger partial charge is 0.368 e. The molecule has 2 aromatic rings. The van der Waals surface area contributed by atoms with Gasteiger partial charge >= 0.3 is 6.03 Å². The van der Waals surface area contributed by atoms with Crippen molar-refractivity contribution in [2.45, 2.75) is 12.8 Å². The lowest BCUT2D eigenvalue weighted by Crippen LogP contribution is -2.40. The fourth-order valence-electron chi connectivity index (χ4n) is 3.88. The van der Waals surface area contributed by atoms with E-state index in [1.165, 1.54) is 11.6 Å². The molecule has 0 unspecified atom stereocenters. The van der Waals surface area contributed by atoms with E-state index in [4.69, 9.17) is 0 Å². The molecular weight excluding hydrogens is 405 g/mol. The lowest BCUT2D eigenvalue weighted by atomic mass is 10.1. The Balaban J connectivity index is 1.64. The molecule has 0 saturated carbocycles. The second-order valence-corrected chi connectivity index (χ2v) is 8.77. The number of nitrogens with zero attached hydrogens (tertiary/aromatic N) is 4. The van der Waals surface area contributed by atoms with Gasteiger partial charge in [-0.1, -0.05) is 30.3 Å². The van der Waals surface area contributed by atoms with Gasteiger partial charge in [0, 0.05) is 45.0 Å². The molecular formula is C25H36FN5O. The number of hydrogen-bond donors (Lipinski definition) is 1. The first-order valence-corrected chi connectivity index (χ1v) is 11.4. The summed E-state index contributed by atoms with van der Waals surface area (Å²) < 4.78 is 14.9. The van der Waals surface area contributed by atoms with E-state index in [9.17, 15) is 9.18 Å². The summed E-state index contributed by atoms with van der Waals surface area (Å²) in [4.78, 5) is 21.2. The van der Waals surface area contributed by atoms with Crippen molar-refractivity contribution >= 4 is 17.4 Å². The first-order valence-electron chi connectivity index (χ1n) is 11.4. The van der Waals surface area contributed by atoms with Crippen molar-refractivity contribution in [3.05, 3.63) is 59.9 Å². The van der Waals surface area contributed by atoms with Crippen LogP contribution in [0.15, 0.2) is 48.5 Å². The van der Waals surface area contributed by atoms with E-state index >= 15 is 0 Å². The molecule has 6 nitrogen and oxygen atoms in total. The highest BCUT2D eigenvalue weighted by Crippen LogP contribution is 2.24. The van der Waals surface area contributed by atoms with E-state index < -0.39 is 0 Å². The Bertz CT molecular complexity index is 861. The van der Waals surface area contributed by atoms with Crippen molar-refractivity contribution in [1.82, 2.24) is 14.7 Å². The molecule has 1 aliphatic rings. The van der Waals surface area contributed by atoms with Gasteiger partial charge < -0.3 is 24.9 Å². The summed E-state index contributed by atoms with van der Waals surface area (Å²) in [5, 5.41) is 2.89. The number of urea groups is 1. The Labute approximate surface area is 191 Å². The summed E-state index contributed by atoms with van der Waals surface area (Å²) in [6.07, 6.45) is 1.79. The maximum atomic E-state index is 14.9. The summed E-state index contributed by atoms with van der Waals surface area (Å²) in [7, 11) is 6.07. The van der Waals surface area contributed by atoms with Crippen molar-refractivity contribution in [3.8, 4) is 0 Å².